The maximum Gasteiger partial charge on any atom is 0.230 e. The summed E-state index contributed by atoms with van der Waals surface area (Å²) in [6, 6.07) is 1.36. The molecule has 3 aliphatic rings. The van der Waals surface area contributed by atoms with E-state index >= 15 is 0 Å². The van der Waals surface area contributed by atoms with Crippen LogP contribution in [0, 0.1) is 17.8 Å². The summed E-state index contributed by atoms with van der Waals surface area (Å²) in [5.41, 5.74) is 0. The van der Waals surface area contributed by atoms with Gasteiger partial charge in [-0.3, -0.25) is 0 Å². The molecule has 0 radical (unpaired) electrons. The summed E-state index contributed by atoms with van der Waals surface area (Å²) in [6.45, 7) is 14.6. The number of unbranched alkanes of at least 4 members (excludes halogenated alkanes) is 1. The molecule has 0 aliphatic heterocycles. The molecule has 0 aromatic carbocycles. The lowest BCUT2D eigenvalue weighted by Crippen LogP contribution is -2.53. The van der Waals surface area contributed by atoms with Gasteiger partial charge in [0, 0.05) is 0 Å². The second-order valence-electron chi connectivity index (χ2n) is 10.7. The van der Waals surface area contributed by atoms with Gasteiger partial charge in [-0.2, -0.15) is 0 Å². The highest BCUT2D eigenvalue weighted by Gasteiger charge is 2.50. The first-order valence-electron chi connectivity index (χ1n) is 12.4. The Morgan fingerprint density at radius 3 is 2.41 bits per heavy atom. The third-order valence-electron chi connectivity index (χ3n) is 8.45. The van der Waals surface area contributed by atoms with Gasteiger partial charge in [0.1, 0.15) is 0 Å². The largest absolute Gasteiger partial charge is 0.337 e. The van der Waals surface area contributed by atoms with Gasteiger partial charge in [0.25, 0.3) is 0 Å². The van der Waals surface area contributed by atoms with Crippen LogP contribution in [0.5, 0.6) is 0 Å². The quantitative estimate of drug-likeness (QED) is 0.229. The van der Waals surface area contributed by atoms with Gasteiger partial charge >= 0.3 is 0 Å². The SMILES string of the molecule is C=CCCCC1CCC(B(C2CCC3CCCCC32)N(C(C)C)C(C)C)C1. The van der Waals surface area contributed by atoms with Crippen molar-refractivity contribution in [2.45, 2.75) is 128 Å². The van der Waals surface area contributed by atoms with Crippen molar-refractivity contribution in [2.75, 3.05) is 0 Å². The van der Waals surface area contributed by atoms with Gasteiger partial charge < -0.3 is 4.81 Å². The molecule has 3 rings (SSSR count). The van der Waals surface area contributed by atoms with Crippen LogP contribution in [0.4, 0.5) is 0 Å². The second-order valence-corrected chi connectivity index (χ2v) is 10.7. The van der Waals surface area contributed by atoms with Crippen LogP contribution in [-0.4, -0.2) is 23.7 Å². The maximum atomic E-state index is 3.91. The zero-order valence-corrected chi connectivity index (χ0v) is 18.8. The van der Waals surface area contributed by atoms with E-state index in [2.05, 4.69) is 45.2 Å². The van der Waals surface area contributed by atoms with Crippen molar-refractivity contribution in [3.63, 3.8) is 0 Å². The van der Waals surface area contributed by atoms with Gasteiger partial charge in [0.2, 0.25) is 6.85 Å². The van der Waals surface area contributed by atoms with E-state index in [1.54, 1.807) is 0 Å². The number of nitrogens with zero attached hydrogens (tertiary/aromatic N) is 1. The predicted octanol–water partition coefficient (Wildman–Crippen LogP) is 7.59. The fraction of sp³-hybridized carbons (Fsp3) is 0.920. The van der Waals surface area contributed by atoms with Crippen molar-refractivity contribution in [2.24, 2.45) is 17.8 Å². The molecule has 27 heavy (non-hydrogen) atoms. The zero-order chi connectivity index (χ0) is 19.4. The maximum absolute atomic E-state index is 3.91. The highest BCUT2D eigenvalue weighted by atomic mass is 15.1. The van der Waals surface area contributed by atoms with Crippen LogP contribution in [-0.2, 0) is 0 Å². The first kappa shape index (κ1) is 21.5. The van der Waals surface area contributed by atoms with Gasteiger partial charge in [-0.25, -0.2) is 0 Å². The number of hydrogen-bond acceptors (Lipinski definition) is 1. The second kappa shape index (κ2) is 9.99. The first-order valence-corrected chi connectivity index (χ1v) is 12.4. The molecule has 0 heterocycles. The molecule has 1 nitrogen and oxygen atoms in total. The summed E-state index contributed by atoms with van der Waals surface area (Å²) in [5, 5.41) is 0. The molecule has 0 aromatic heterocycles. The van der Waals surface area contributed by atoms with E-state index in [1.807, 2.05) is 0 Å². The lowest BCUT2D eigenvalue weighted by Gasteiger charge is -2.45. The van der Waals surface area contributed by atoms with E-state index in [4.69, 9.17) is 0 Å². The van der Waals surface area contributed by atoms with Crippen molar-refractivity contribution in [1.29, 1.82) is 0 Å². The molecule has 0 amide bonds. The topological polar surface area (TPSA) is 3.24 Å². The molecule has 3 aliphatic carbocycles. The van der Waals surface area contributed by atoms with Gasteiger partial charge in [-0.05, 0) is 54.3 Å². The summed E-state index contributed by atoms with van der Waals surface area (Å²) in [7, 11) is 0. The number of fused-ring (bicyclic) bond motifs is 1. The Morgan fingerprint density at radius 1 is 0.963 bits per heavy atom. The van der Waals surface area contributed by atoms with Gasteiger partial charge in [-0.15, -0.1) is 6.58 Å². The van der Waals surface area contributed by atoms with Crippen molar-refractivity contribution >= 4 is 6.85 Å². The Balaban J connectivity index is 1.75. The van der Waals surface area contributed by atoms with Crippen LogP contribution in [0.25, 0.3) is 0 Å². The molecule has 0 saturated heterocycles. The first-order chi connectivity index (χ1) is 13.0. The molecular weight excluding hydrogens is 325 g/mol. The van der Waals surface area contributed by atoms with Crippen LogP contribution in [0.2, 0.25) is 11.6 Å². The third kappa shape index (κ3) is 5.03. The van der Waals surface area contributed by atoms with Crippen molar-refractivity contribution in [3.8, 4) is 0 Å². The Bertz CT molecular complexity index is 451. The Hall–Kier alpha value is -0.235. The molecule has 0 spiro atoms. The van der Waals surface area contributed by atoms with Crippen LogP contribution < -0.4 is 0 Å². The summed E-state index contributed by atoms with van der Waals surface area (Å²) in [6.07, 6.45) is 19.7. The van der Waals surface area contributed by atoms with E-state index in [0.29, 0.717) is 12.1 Å². The van der Waals surface area contributed by atoms with E-state index in [-0.39, 0.29) is 0 Å². The minimum Gasteiger partial charge on any atom is -0.337 e. The standard InChI is InChI=1S/C25H46BN/c1-6-7-8-11-21-14-16-23(18-21)26(27(19(2)3)20(4)5)25-17-15-22-12-9-10-13-24(22)25/h6,19-25H,1,7-18H2,2-5H3. The lowest BCUT2D eigenvalue weighted by molar-refractivity contribution is 0.252. The van der Waals surface area contributed by atoms with E-state index < -0.39 is 0 Å². The number of allylic oxidation sites excluding steroid dienone is 1. The molecule has 0 N–H and O–H groups in total. The predicted molar refractivity (Wildman–Crippen MR) is 121 cm³/mol. The molecule has 3 saturated carbocycles. The third-order valence-corrected chi connectivity index (χ3v) is 8.45. The molecule has 5 atom stereocenters. The van der Waals surface area contributed by atoms with E-state index in [9.17, 15) is 0 Å². The fourth-order valence-electron chi connectivity index (χ4n) is 7.54. The van der Waals surface area contributed by atoms with Crippen LogP contribution in [0.1, 0.15) is 105 Å². The van der Waals surface area contributed by atoms with Crippen molar-refractivity contribution < 1.29 is 0 Å². The Labute approximate surface area is 170 Å². The summed E-state index contributed by atoms with van der Waals surface area (Å²) >= 11 is 0. The minimum atomic E-state index is 0.678. The van der Waals surface area contributed by atoms with Crippen LogP contribution >= 0.6 is 0 Å². The molecule has 154 valence electrons. The molecule has 2 heteroatoms. The molecule has 5 unspecified atom stereocenters. The summed E-state index contributed by atoms with van der Waals surface area (Å²) < 4.78 is 0. The highest BCUT2D eigenvalue weighted by molar-refractivity contribution is 6.59. The molecule has 3 fully saturated rings. The van der Waals surface area contributed by atoms with Gasteiger partial charge in [-0.1, -0.05) is 98.0 Å². The Kier molecular flexibility index (Phi) is 7.95. The van der Waals surface area contributed by atoms with Crippen LogP contribution in [0.15, 0.2) is 12.7 Å². The smallest absolute Gasteiger partial charge is 0.230 e. The summed E-state index contributed by atoms with van der Waals surface area (Å²) in [5.74, 6) is 5.04. The zero-order valence-electron chi connectivity index (χ0n) is 18.8. The van der Waals surface area contributed by atoms with Gasteiger partial charge in [0.15, 0.2) is 0 Å². The van der Waals surface area contributed by atoms with Gasteiger partial charge in [0.05, 0.1) is 0 Å². The van der Waals surface area contributed by atoms with E-state index in [1.165, 1.54) is 77.0 Å². The Morgan fingerprint density at radius 2 is 1.70 bits per heavy atom. The van der Waals surface area contributed by atoms with E-state index in [0.717, 1.165) is 36.2 Å². The van der Waals surface area contributed by atoms with Crippen LogP contribution in [0.3, 0.4) is 0 Å². The number of rotatable bonds is 9. The average molecular weight is 371 g/mol. The summed E-state index contributed by atoms with van der Waals surface area (Å²) in [4.78, 5) is 2.96. The molecular formula is C25H46BN. The number of hydrogen-bond donors (Lipinski definition) is 0. The minimum absolute atomic E-state index is 0.678. The monoisotopic (exact) mass is 371 g/mol. The molecule has 0 aromatic rings. The van der Waals surface area contributed by atoms with Crippen molar-refractivity contribution in [1.82, 2.24) is 4.81 Å². The average Bonchev–Trinajstić information content (AvgIpc) is 3.26. The lowest BCUT2D eigenvalue weighted by atomic mass is 9.37. The fourth-order valence-corrected chi connectivity index (χ4v) is 7.54. The normalized spacial score (nSPS) is 33.8. The van der Waals surface area contributed by atoms with Crippen molar-refractivity contribution in [3.05, 3.63) is 12.7 Å². The highest BCUT2D eigenvalue weighted by Crippen LogP contribution is 2.55. The molecule has 0 bridgehead atoms.